The highest BCUT2D eigenvalue weighted by Crippen LogP contribution is 2.29. The van der Waals surface area contributed by atoms with Crippen LogP contribution in [-0.2, 0) is 0 Å². The average Bonchev–Trinajstić information content (AvgIpc) is 2.81. The minimum absolute atomic E-state index is 0.0933. The molecule has 1 amide bonds. The van der Waals surface area contributed by atoms with Gasteiger partial charge in [-0.2, -0.15) is 0 Å². The molecule has 0 saturated carbocycles. The van der Waals surface area contributed by atoms with Gasteiger partial charge in [-0.25, -0.2) is 14.8 Å². The molecule has 1 aromatic heterocycles. The average molecular weight is 402 g/mol. The summed E-state index contributed by atoms with van der Waals surface area (Å²) in [5.41, 5.74) is 1.98. The number of piperazine rings is 1. The van der Waals surface area contributed by atoms with E-state index >= 15 is 0 Å². The van der Waals surface area contributed by atoms with Crippen molar-refractivity contribution in [2.24, 2.45) is 0 Å². The van der Waals surface area contributed by atoms with E-state index in [-0.39, 0.29) is 17.4 Å². The van der Waals surface area contributed by atoms with Crippen LogP contribution in [0.5, 0.6) is 0 Å². The van der Waals surface area contributed by atoms with E-state index in [1.165, 1.54) is 23.5 Å². The number of aromatic nitrogens is 2. The third kappa shape index (κ3) is 4.06. The molecule has 0 aliphatic carbocycles. The van der Waals surface area contributed by atoms with Crippen LogP contribution in [-0.4, -0.2) is 62.9 Å². The van der Waals surface area contributed by atoms with Gasteiger partial charge in [-0.1, -0.05) is 60.7 Å². The van der Waals surface area contributed by atoms with Gasteiger partial charge < -0.3 is 10.0 Å². The van der Waals surface area contributed by atoms with Gasteiger partial charge in [0, 0.05) is 38.6 Å². The van der Waals surface area contributed by atoms with E-state index in [0.717, 1.165) is 0 Å². The summed E-state index contributed by atoms with van der Waals surface area (Å²) in [4.78, 5) is 36.0. The molecule has 1 aliphatic rings. The first-order chi connectivity index (χ1) is 14.6. The Hall–Kier alpha value is -3.58. The number of carboxylic acid groups (broad SMARTS) is 1. The number of hydrogen-bond acceptors (Lipinski definition) is 5. The van der Waals surface area contributed by atoms with Gasteiger partial charge in [-0.15, -0.1) is 0 Å². The second-order valence-corrected chi connectivity index (χ2v) is 7.11. The Morgan fingerprint density at radius 3 is 1.77 bits per heavy atom. The molecule has 7 heteroatoms. The predicted octanol–water partition coefficient (Wildman–Crippen LogP) is 2.72. The van der Waals surface area contributed by atoms with Crippen LogP contribution in [0.2, 0.25) is 0 Å². The molecule has 0 spiro atoms. The molecule has 0 bridgehead atoms. The van der Waals surface area contributed by atoms with Crippen molar-refractivity contribution in [3.8, 4) is 0 Å². The molecule has 0 unspecified atom stereocenters. The minimum atomic E-state index is -1.25. The van der Waals surface area contributed by atoms with Gasteiger partial charge in [0.15, 0.2) is 11.4 Å². The van der Waals surface area contributed by atoms with Crippen molar-refractivity contribution >= 4 is 11.9 Å². The molecule has 3 aromatic rings. The number of rotatable bonds is 5. The summed E-state index contributed by atoms with van der Waals surface area (Å²) in [6.07, 6.45) is 2.62. The number of carboxylic acids is 1. The fraction of sp³-hybridized carbons (Fsp3) is 0.217. The fourth-order valence-electron chi connectivity index (χ4n) is 3.87. The maximum atomic E-state index is 12.9. The topological polar surface area (TPSA) is 86.6 Å². The van der Waals surface area contributed by atoms with Crippen molar-refractivity contribution < 1.29 is 14.7 Å². The van der Waals surface area contributed by atoms with Gasteiger partial charge in [-0.05, 0) is 11.1 Å². The first-order valence-corrected chi connectivity index (χ1v) is 9.82. The molecular weight excluding hydrogens is 380 g/mol. The van der Waals surface area contributed by atoms with Crippen molar-refractivity contribution in [3.63, 3.8) is 0 Å². The summed E-state index contributed by atoms with van der Waals surface area (Å²) in [5.74, 6) is -1.64. The predicted molar refractivity (Wildman–Crippen MR) is 111 cm³/mol. The molecule has 1 saturated heterocycles. The Morgan fingerprint density at radius 2 is 1.27 bits per heavy atom. The first kappa shape index (κ1) is 19.7. The van der Waals surface area contributed by atoms with E-state index in [0.29, 0.717) is 26.2 Å². The van der Waals surface area contributed by atoms with Gasteiger partial charge >= 0.3 is 5.97 Å². The molecule has 7 nitrogen and oxygen atoms in total. The Bertz CT molecular complexity index is 979. The molecule has 2 aromatic carbocycles. The molecule has 4 rings (SSSR count). The van der Waals surface area contributed by atoms with Crippen molar-refractivity contribution in [2.45, 2.75) is 6.04 Å². The normalized spacial score (nSPS) is 14.6. The fourth-order valence-corrected chi connectivity index (χ4v) is 3.87. The number of hydrogen-bond donors (Lipinski definition) is 1. The summed E-state index contributed by atoms with van der Waals surface area (Å²) in [6, 6.07) is 20.7. The number of benzene rings is 2. The lowest BCUT2D eigenvalue weighted by Crippen LogP contribution is -2.50. The van der Waals surface area contributed by atoms with E-state index in [2.05, 4.69) is 39.1 Å². The minimum Gasteiger partial charge on any atom is -0.476 e. The number of carbonyl (C=O) groups is 2. The highest BCUT2D eigenvalue weighted by Gasteiger charge is 2.30. The van der Waals surface area contributed by atoms with Crippen molar-refractivity contribution in [2.75, 3.05) is 26.2 Å². The highest BCUT2D eigenvalue weighted by atomic mass is 16.4. The first-order valence-electron chi connectivity index (χ1n) is 9.82. The largest absolute Gasteiger partial charge is 0.476 e. The van der Waals surface area contributed by atoms with Crippen molar-refractivity contribution in [1.29, 1.82) is 0 Å². The monoisotopic (exact) mass is 402 g/mol. The molecule has 1 N–H and O–H groups in total. The standard InChI is InChI=1S/C23H22N4O3/c28-22(19-20(23(29)30)25-12-11-24-19)27-15-13-26(14-16-27)21(17-7-3-1-4-8-17)18-9-5-2-6-10-18/h1-12,21H,13-16H2,(H,29,30). The summed E-state index contributed by atoms with van der Waals surface area (Å²) in [5, 5.41) is 9.30. The van der Waals surface area contributed by atoms with E-state index in [1.807, 2.05) is 36.4 Å². The van der Waals surface area contributed by atoms with Gasteiger partial charge in [0.05, 0.1) is 6.04 Å². The summed E-state index contributed by atoms with van der Waals surface area (Å²) >= 11 is 0. The number of aromatic carboxylic acids is 1. The summed E-state index contributed by atoms with van der Waals surface area (Å²) < 4.78 is 0. The summed E-state index contributed by atoms with van der Waals surface area (Å²) in [7, 11) is 0. The zero-order valence-electron chi connectivity index (χ0n) is 16.4. The van der Waals surface area contributed by atoms with E-state index in [4.69, 9.17) is 0 Å². The van der Waals surface area contributed by atoms with Crippen LogP contribution in [0.4, 0.5) is 0 Å². The van der Waals surface area contributed by atoms with Crippen LogP contribution in [0.25, 0.3) is 0 Å². The van der Waals surface area contributed by atoms with Crippen LogP contribution in [0.3, 0.4) is 0 Å². The van der Waals surface area contributed by atoms with Gasteiger partial charge in [-0.3, -0.25) is 9.69 Å². The number of amides is 1. The lowest BCUT2D eigenvalue weighted by Gasteiger charge is -2.39. The Balaban J connectivity index is 1.53. The molecule has 30 heavy (non-hydrogen) atoms. The highest BCUT2D eigenvalue weighted by molar-refractivity contribution is 6.02. The van der Waals surface area contributed by atoms with Gasteiger partial charge in [0.2, 0.25) is 0 Å². The number of carbonyl (C=O) groups excluding carboxylic acids is 1. The molecule has 152 valence electrons. The Kier molecular flexibility index (Phi) is 5.81. The van der Waals surface area contributed by atoms with Crippen LogP contribution in [0, 0.1) is 0 Å². The Labute approximate surface area is 174 Å². The SMILES string of the molecule is O=C(O)c1nccnc1C(=O)N1CCN(C(c2ccccc2)c2ccccc2)CC1. The second kappa shape index (κ2) is 8.84. The third-order valence-electron chi connectivity index (χ3n) is 5.30. The zero-order valence-corrected chi connectivity index (χ0v) is 16.4. The van der Waals surface area contributed by atoms with E-state index < -0.39 is 11.9 Å². The van der Waals surface area contributed by atoms with Crippen molar-refractivity contribution in [1.82, 2.24) is 19.8 Å². The van der Waals surface area contributed by atoms with E-state index in [9.17, 15) is 14.7 Å². The third-order valence-corrected chi connectivity index (χ3v) is 5.30. The van der Waals surface area contributed by atoms with Crippen molar-refractivity contribution in [3.05, 3.63) is 95.6 Å². The molecular formula is C23H22N4O3. The van der Waals surface area contributed by atoms with Crippen LogP contribution in [0.15, 0.2) is 73.1 Å². The molecule has 0 atom stereocenters. The van der Waals surface area contributed by atoms with Gasteiger partial charge in [0.25, 0.3) is 5.91 Å². The van der Waals surface area contributed by atoms with Crippen LogP contribution >= 0.6 is 0 Å². The molecule has 1 aliphatic heterocycles. The maximum Gasteiger partial charge on any atom is 0.356 e. The summed E-state index contributed by atoms with van der Waals surface area (Å²) in [6.45, 7) is 2.32. The van der Waals surface area contributed by atoms with Crippen LogP contribution < -0.4 is 0 Å². The lowest BCUT2D eigenvalue weighted by molar-refractivity contribution is 0.0574. The second-order valence-electron chi connectivity index (χ2n) is 7.11. The quantitative estimate of drug-likeness (QED) is 0.706. The zero-order chi connectivity index (χ0) is 20.9. The molecule has 1 fully saturated rings. The maximum absolute atomic E-state index is 12.9. The van der Waals surface area contributed by atoms with Gasteiger partial charge in [0.1, 0.15) is 0 Å². The van der Waals surface area contributed by atoms with E-state index in [1.54, 1.807) is 4.90 Å². The lowest BCUT2D eigenvalue weighted by atomic mass is 9.96. The molecule has 2 heterocycles. The molecule has 0 radical (unpaired) electrons. The number of nitrogens with zero attached hydrogens (tertiary/aromatic N) is 4. The van der Waals surface area contributed by atoms with Crippen LogP contribution in [0.1, 0.15) is 38.1 Å². The smallest absolute Gasteiger partial charge is 0.356 e. The Morgan fingerprint density at radius 1 is 0.767 bits per heavy atom.